The third-order valence-corrected chi connectivity index (χ3v) is 7.70. The maximum Gasteiger partial charge on any atom is 0.264 e. The molecule has 0 spiro atoms. The lowest BCUT2D eigenvalue weighted by Crippen LogP contribution is -2.38. The third kappa shape index (κ3) is 6.24. The summed E-state index contributed by atoms with van der Waals surface area (Å²) in [5.41, 5.74) is 0.461. The highest BCUT2D eigenvalue weighted by atomic mass is 32.2. The van der Waals surface area contributed by atoms with Gasteiger partial charge in [0.2, 0.25) is 0 Å². The van der Waals surface area contributed by atoms with Crippen LogP contribution in [0.1, 0.15) is 0 Å². The molecule has 0 aliphatic carbocycles. The molecule has 0 radical (unpaired) electrons. The van der Waals surface area contributed by atoms with Crippen molar-refractivity contribution in [3.8, 4) is 23.0 Å². The van der Waals surface area contributed by atoms with Gasteiger partial charge in [-0.3, -0.25) is 14.6 Å². The van der Waals surface area contributed by atoms with Crippen LogP contribution in [0.15, 0.2) is 71.8 Å². The summed E-state index contributed by atoms with van der Waals surface area (Å²) in [4.78, 5) is 6.10. The molecule has 12 heteroatoms. The lowest BCUT2D eigenvalue weighted by atomic mass is 10.1. The van der Waals surface area contributed by atoms with Crippen LogP contribution in [-0.4, -0.2) is 64.9 Å². The van der Waals surface area contributed by atoms with Gasteiger partial charge in [-0.05, 0) is 36.4 Å². The number of aromatic nitrogens is 1. The molecule has 0 atom stereocenters. The summed E-state index contributed by atoms with van der Waals surface area (Å²) in [5, 5.41) is 0.559. The zero-order valence-electron chi connectivity index (χ0n) is 21.6. The molecule has 1 fully saturated rings. The number of anilines is 1. The van der Waals surface area contributed by atoms with E-state index in [9.17, 15) is 17.2 Å². The standard InChI is InChI=1S/C28H27F2N3O6S/c1-36-26-17-20-23(18-27(26)38-15-12-33-10-13-37-14-11-33)31-9-8-24(20)39-25-7-6-19(16-22(25)30)32-40(34,35)28-5-3-2-4-21(28)29/h2-9,16-18,32H,10-15H2,1H3. The Morgan fingerprint density at radius 3 is 2.50 bits per heavy atom. The zero-order valence-corrected chi connectivity index (χ0v) is 22.4. The monoisotopic (exact) mass is 571 g/mol. The average molecular weight is 572 g/mol. The zero-order chi connectivity index (χ0) is 28.1. The summed E-state index contributed by atoms with van der Waals surface area (Å²) in [6, 6.07) is 13.5. The van der Waals surface area contributed by atoms with E-state index in [-0.39, 0.29) is 11.4 Å². The molecule has 4 aromatic rings. The van der Waals surface area contributed by atoms with Gasteiger partial charge in [-0.25, -0.2) is 17.2 Å². The average Bonchev–Trinajstić information content (AvgIpc) is 2.95. The van der Waals surface area contributed by atoms with Crippen LogP contribution >= 0.6 is 0 Å². The number of fused-ring (bicyclic) bond motifs is 1. The molecule has 0 unspecified atom stereocenters. The van der Waals surface area contributed by atoms with Crippen LogP contribution in [0.4, 0.5) is 14.5 Å². The van der Waals surface area contributed by atoms with Gasteiger partial charge in [0.15, 0.2) is 23.1 Å². The third-order valence-electron chi connectivity index (χ3n) is 6.29. The predicted octanol–water partition coefficient (Wildman–Crippen LogP) is 4.83. The van der Waals surface area contributed by atoms with E-state index in [0.29, 0.717) is 48.0 Å². The second-order valence-corrected chi connectivity index (χ2v) is 10.6. The fraction of sp³-hybridized carbons (Fsp3) is 0.250. The number of rotatable bonds is 10. The van der Waals surface area contributed by atoms with Gasteiger partial charge in [0.1, 0.15) is 23.1 Å². The van der Waals surface area contributed by atoms with Gasteiger partial charge >= 0.3 is 0 Å². The molecule has 2 heterocycles. The number of nitrogens with one attached hydrogen (secondary N) is 1. The number of hydrogen-bond donors (Lipinski definition) is 1. The first-order valence-electron chi connectivity index (χ1n) is 12.5. The Morgan fingerprint density at radius 1 is 0.950 bits per heavy atom. The number of methoxy groups -OCH3 is 1. The molecule has 1 N–H and O–H groups in total. The maximum atomic E-state index is 15.0. The van der Waals surface area contributed by atoms with E-state index >= 15 is 0 Å². The van der Waals surface area contributed by atoms with Crippen molar-refractivity contribution in [2.75, 3.05) is 51.3 Å². The van der Waals surface area contributed by atoms with Gasteiger partial charge in [0.05, 0.1) is 31.5 Å². The van der Waals surface area contributed by atoms with Crippen LogP contribution in [0.5, 0.6) is 23.0 Å². The van der Waals surface area contributed by atoms with Crippen LogP contribution < -0.4 is 18.9 Å². The van der Waals surface area contributed by atoms with E-state index < -0.39 is 26.6 Å². The first-order valence-corrected chi connectivity index (χ1v) is 14.0. The van der Waals surface area contributed by atoms with E-state index in [1.54, 1.807) is 18.2 Å². The molecule has 1 aromatic heterocycles. The van der Waals surface area contributed by atoms with E-state index in [4.69, 9.17) is 18.9 Å². The Balaban J connectivity index is 1.33. The van der Waals surface area contributed by atoms with E-state index in [1.165, 1.54) is 37.6 Å². The number of halogens is 2. The minimum Gasteiger partial charge on any atom is -0.493 e. The van der Waals surface area contributed by atoms with Crippen molar-refractivity contribution < 1.29 is 36.1 Å². The molecule has 1 aliphatic rings. The van der Waals surface area contributed by atoms with Gasteiger partial charge in [-0.2, -0.15) is 0 Å². The van der Waals surface area contributed by atoms with Crippen molar-refractivity contribution in [2.45, 2.75) is 4.90 Å². The number of pyridine rings is 1. The van der Waals surface area contributed by atoms with Crippen LogP contribution in [0.25, 0.3) is 10.9 Å². The minimum atomic E-state index is -4.26. The fourth-order valence-corrected chi connectivity index (χ4v) is 5.37. The second kappa shape index (κ2) is 12.0. The van der Waals surface area contributed by atoms with Crippen molar-refractivity contribution in [3.63, 3.8) is 0 Å². The molecule has 0 amide bonds. The van der Waals surface area contributed by atoms with Crippen molar-refractivity contribution in [1.29, 1.82) is 0 Å². The summed E-state index contributed by atoms with van der Waals surface area (Å²) in [6.45, 7) is 4.32. The van der Waals surface area contributed by atoms with E-state index in [1.807, 2.05) is 0 Å². The van der Waals surface area contributed by atoms with Crippen molar-refractivity contribution in [1.82, 2.24) is 9.88 Å². The van der Waals surface area contributed by atoms with Crippen LogP contribution in [0.2, 0.25) is 0 Å². The van der Waals surface area contributed by atoms with Crippen LogP contribution in [0.3, 0.4) is 0 Å². The summed E-state index contributed by atoms with van der Waals surface area (Å²) in [6.07, 6.45) is 1.52. The Morgan fingerprint density at radius 2 is 1.75 bits per heavy atom. The van der Waals surface area contributed by atoms with Gasteiger partial charge in [-0.1, -0.05) is 12.1 Å². The summed E-state index contributed by atoms with van der Waals surface area (Å²) in [7, 11) is -2.74. The molecule has 210 valence electrons. The summed E-state index contributed by atoms with van der Waals surface area (Å²) >= 11 is 0. The molecule has 40 heavy (non-hydrogen) atoms. The molecular formula is C28H27F2N3O6S. The number of morpholine rings is 1. The first kappa shape index (κ1) is 27.6. The lowest BCUT2D eigenvalue weighted by Gasteiger charge is -2.26. The summed E-state index contributed by atoms with van der Waals surface area (Å²) in [5.74, 6) is -0.598. The molecule has 1 saturated heterocycles. The summed E-state index contributed by atoms with van der Waals surface area (Å²) < 4.78 is 79.0. The Labute approximate surface area is 230 Å². The maximum absolute atomic E-state index is 15.0. The van der Waals surface area contributed by atoms with Gasteiger partial charge < -0.3 is 18.9 Å². The Hall–Kier alpha value is -4.00. The second-order valence-electron chi connectivity index (χ2n) is 8.91. The predicted molar refractivity (Wildman–Crippen MR) is 145 cm³/mol. The van der Waals surface area contributed by atoms with E-state index in [2.05, 4.69) is 14.6 Å². The smallest absolute Gasteiger partial charge is 0.264 e. The quantitative estimate of drug-likeness (QED) is 0.289. The van der Waals surface area contributed by atoms with Crippen LogP contribution in [-0.2, 0) is 14.8 Å². The Bertz CT molecular complexity index is 1610. The first-order chi connectivity index (χ1) is 19.3. The highest BCUT2D eigenvalue weighted by Crippen LogP contribution is 2.38. The largest absolute Gasteiger partial charge is 0.493 e. The van der Waals surface area contributed by atoms with Crippen molar-refractivity contribution >= 4 is 26.6 Å². The van der Waals surface area contributed by atoms with Gasteiger partial charge in [0.25, 0.3) is 10.0 Å². The molecule has 3 aromatic carbocycles. The molecule has 0 saturated carbocycles. The van der Waals surface area contributed by atoms with Crippen molar-refractivity contribution in [2.24, 2.45) is 0 Å². The molecular weight excluding hydrogens is 544 g/mol. The van der Waals surface area contributed by atoms with Gasteiger partial charge in [-0.15, -0.1) is 0 Å². The highest BCUT2D eigenvalue weighted by Gasteiger charge is 2.20. The van der Waals surface area contributed by atoms with E-state index in [0.717, 1.165) is 37.8 Å². The molecule has 5 rings (SSSR count). The number of hydrogen-bond acceptors (Lipinski definition) is 8. The molecule has 0 bridgehead atoms. The lowest BCUT2D eigenvalue weighted by molar-refractivity contribution is 0.0321. The van der Waals surface area contributed by atoms with Crippen LogP contribution in [0, 0.1) is 11.6 Å². The number of sulfonamides is 1. The highest BCUT2D eigenvalue weighted by molar-refractivity contribution is 7.92. The fourth-order valence-electron chi connectivity index (χ4n) is 4.24. The molecule has 9 nitrogen and oxygen atoms in total. The number of nitrogens with zero attached hydrogens (tertiary/aromatic N) is 2. The molecule has 1 aliphatic heterocycles. The number of ether oxygens (including phenoxy) is 4. The van der Waals surface area contributed by atoms with Crippen molar-refractivity contribution in [3.05, 3.63) is 78.5 Å². The minimum absolute atomic E-state index is 0.0896. The topological polar surface area (TPSA) is 99.2 Å². The van der Waals surface area contributed by atoms with Gasteiger partial charge in [0, 0.05) is 43.4 Å². The SMILES string of the molecule is COc1cc2c(Oc3ccc(NS(=O)(=O)c4ccccc4F)cc3F)ccnc2cc1OCCN1CCOCC1. The number of benzene rings is 3. The normalized spacial score (nSPS) is 14.2. The Kier molecular flexibility index (Phi) is 8.29.